The van der Waals surface area contributed by atoms with E-state index < -0.39 is 11.9 Å². The molecule has 0 saturated carbocycles. The van der Waals surface area contributed by atoms with Crippen LogP contribution in [0.2, 0.25) is 0 Å². The standard InChI is InChI=1S/C20H20N4O5S2/c1-3-28-18(26)12-9-22-20(24-16(12)21)30-10-14(25)23-17-15(19(27)29-4-2)11-7-5-6-8-13(11)31-17/h5-9H,3-4,10H2,1-2H3,(H,23,25)(H2,21,22,24). The molecule has 0 aliphatic carbocycles. The molecule has 11 heteroatoms. The molecule has 162 valence electrons. The van der Waals surface area contributed by atoms with E-state index >= 15 is 0 Å². The van der Waals surface area contributed by atoms with Gasteiger partial charge in [-0.2, -0.15) is 0 Å². The molecule has 31 heavy (non-hydrogen) atoms. The molecule has 1 amide bonds. The highest BCUT2D eigenvalue weighted by atomic mass is 32.2. The molecule has 0 aliphatic rings. The molecule has 0 radical (unpaired) electrons. The third kappa shape index (κ3) is 5.30. The van der Waals surface area contributed by atoms with E-state index in [9.17, 15) is 14.4 Å². The molecule has 1 aromatic carbocycles. The van der Waals surface area contributed by atoms with Crippen LogP contribution in [0.15, 0.2) is 35.6 Å². The topological polar surface area (TPSA) is 134 Å². The van der Waals surface area contributed by atoms with E-state index in [0.717, 1.165) is 21.8 Å². The smallest absolute Gasteiger partial charge is 0.343 e. The Balaban J connectivity index is 1.71. The van der Waals surface area contributed by atoms with Crippen molar-refractivity contribution >= 4 is 61.8 Å². The number of amides is 1. The summed E-state index contributed by atoms with van der Waals surface area (Å²) in [6, 6.07) is 7.36. The number of nitrogens with two attached hydrogens (primary N) is 1. The van der Waals surface area contributed by atoms with Crippen LogP contribution in [0.4, 0.5) is 10.8 Å². The van der Waals surface area contributed by atoms with Gasteiger partial charge in [0.15, 0.2) is 5.16 Å². The number of hydrogen-bond donors (Lipinski definition) is 2. The van der Waals surface area contributed by atoms with Gasteiger partial charge >= 0.3 is 11.9 Å². The van der Waals surface area contributed by atoms with Gasteiger partial charge in [0.1, 0.15) is 21.9 Å². The quantitative estimate of drug-likeness (QED) is 0.295. The van der Waals surface area contributed by atoms with Crippen LogP contribution < -0.4 is 11.1 Å². The number of rotatable bonds is 8. The molecule has 0 bridgehead atoms. The molecule has 0 saturated heterocycles. The van der Waals surface area contributed by atoms with E-state index in [2.05, 4.69) is 15.3 Å². The summed E-state index contributed by atoms with van der Waals surface area (Å²) in [7, 11) is 0. The van der Waals surface area contributed by atoms with Crippen LogP contribution in [-0.2, 0) is 14.3 Å². The van der Waals surface area contributed by atoms with Gasteiger partial charge in [0, 0.05) is 16.3 Å². The number of ether oxygens (including phenoxy) is 2. The highest BCUT2D eigenvalue weighted by Crippen LogP contribution is 2.36. The number of carbonyl (C=O) groups excluding carboxylic acids is 3. The minimum atomic E-state index is -0.606. The molecular formula is C20H20N4O5S2. The molecule has 3 aromatic rings. The number of nitrogen functional groups attached to an aromatic ring is 1. The second-order valence-electron chi connectivity index (χ2n) is 6.03. The monoisotopic (exact) mass is 460 g/mol. The largest absolute Gasteiger partial charge is 0.462 e. The van der Waals surface area contributed by atoms with Gasteiger partial charge in [-0.25, -0.2) is 19.6 Å². The van der Waals surface area contributed by atoms with Crippen LogP contribution >= 0.6 is 23.1 Å². The van der Waals surface area contributed by atoms with Gasteiger partial charge in [-0.1, -0.05) is 30.0 Å². The Labute approximate surface area is 186 Å². The predicted molar refractivity (Wildman–Crippen MR) is 120 cm³/mol. The van der Waals surface area contributed by atoms with E-state index in [1.807, 2.05) is 24.3 Å². The maximum Gasteiger partial charge on any atom is 0.343 e. The number of esters is 2. The maximum absolute atomic E-state index is 12.5. The minimum absolute atomic E-state index is 0.0191. The summed E-state index contributed by atoms with van der Waals surface area (Å²) in [6.07, 6.45) is 1.27. The number of thiophene rings is 1. The Kier molecular flexibility index (Phi) is 7.42. The maximum atomic E-state index is 12.5. The van der Waals surface area contributed by atoms with Crippen molar-refractivity contribution in [2.45, 2.75) is 19.0 Å². The van der Waals surface area contributed by atoms with Gasteiger partial charge in [0.05, 0.1) is 19.0 Å². The first-order chi connectivity index (χ1) is 14.9. The van der Waals surface area contributed by atoms with Gasteiger partial charge in [-0.05, 0) is 19.9 Å². The Morgan fingerprint density at radius 3 is 2.55 bits per heavy atom. The third-order valence-electron chi connectivity index (χ3n) is 3.95. The van der Waals surface area contributed by atoms with Crippen molar-refractivity contribution in [1.29, 1.82) is 0 Å². The highest BCUT2D eigenvalue weighted by molar-refractivity contribution is 7.99. The zero-order chi connectivity index (χ0) is 22.4. The molecule has 0 unspecified atom stereocenters. The second kappa shape index (κ2) is 10.2. The summed E-state index contributed by atoms with van der Waals surface area (Å²) in [5, 5.41) is 4.15. The fraction of sp³-hybridized carbons (Fsp3) is 0.250. The zero-order valence-electron chi connectivity index (χ0n) is 16.8. The van der Waals surface area contributed by atoms with Crippen molar-refractivity contribution in [3.63, 3.8) is 0 Å². The fourth-order valence-corrected chi connectivity index (χ4v) is 4.38. The van der Waals surface area contributed by atoms with Crippen LogP contribution in [0.25, 0.3) is 10.1 Å². The van der Waals surface area contributed by atoms with Crippen molar-refractivity contribution in [3.05, 3.63) is 41.6 Å². The van der Waals surface area contributed by atoms with E-state index in [-0.39, 0.29) is 41.4 Å². The molecule has 3 N–H and O–H groups in total. The van der Waals surface area contributed by atoms with Crippen LogP contribution in [0.5, 0.6) is 0 Å². The Hall–Kier alpha value is -3.18. The van der Waals surface area contributed by atoms with Crippen molar-refractivity contribution in [1.82, 2.24) is 9.97 Å². The number of fused-ring (bicyclic) bond motifs is 1. The van der Waals surface area contributed by atoms with Crippen LogP contribution in [0.3, 0.4) is 0 Å². The number of benzene rings is 1. The van der Waals surface area contributed by atoms with Crippen molar-refractivity contribution in [2.24, 2.45) is 0 Å². The lowest BCUT2D eigenvalue weighted by Gasteiger charge is -2.07. The molecule has 0 spiro atoms. The Morgan fingerprint density at radius 2 is 1.84 bits per heavy atom. The zero-order valence-corrected chi connectivity index (χ0v) is 18.5. The number of anilines is 2. The van der Waals surface area contributed by atoms with E-state index in [4.69, 9.17) is 15.2 Å². The van der Waals surface area contributed by atoms with Gasteiger partial charge in [0.25, 0.3) is 0 Å². The lowest BCUT2D eigenvalue weighted by molar-refractivity contribution is -0.113. The van der Waals surface area contributed by atoms with Crippen LogP contribution in [0, 0.1) is 0 Å². The summed E-state index contributed by atoms with van der Waals surface area (Å²) in [6.45, 7) is 3.84. The molecule has 0 atom stereocenters. The van der Waals surface area contributed by atoms with Crippen molar-refractivity contribution in [2.75, 3.05) is 30.0 Å². The van der Waals surface area contributed by atoms with Crippen molar-refractivity contribution < 1.29 is 23.9 Å². The number of nitrogens with zero attached hydrogens (tertiary/aromatic N) is 2. The molecule has 2 heterocycles. The molecule has 0 aliphatic heterocycles. The first kappa shape index (κ1) is 22.5. The number of aromatic nitrogens is 2. The van der Waals surface area contributed by atoms with Gasteiger partial charge in [-0.3, -0.25) is 4.79 Å². The van der Waals surface area contributed by atoms with Crippen molar-refractivity contribution in [3.8, 4) is 0 Å². The van der Waals surface area contributed by atoms with Crippen LogP contribution in [-0.4, -0.2) is 46.8 Å². The molecule has 2 aromatic heterocycles. The second-order valence-corrected chi connectivity index (χ2v) is 8.03. The number of hydrogen-bond acceptors (Lipinski definition) is 10. The predicted octanol–water partition coefficient (Wildman–Crippen LogP) is 3.36. The van der Waals surface area contributed by atoms with Gasteiger partial charge in [0.2, 0.25) is 5.91 Å². The number of thioether (sulfide) groups is 1. The highest BCUT2D eigenvalue weighted by Gasteiger charge is 2.22. The Morgan fingerprint density at radius 1 is 1.13 bits per heavy atom. The molecule has 9 nitrogen and oxygen atoms in total. The average molecular weight is 461 g/mol. The molecular weight excluding hydrogens is 440 g/mol. The average Bonchev–Trinajstić information content (AvgIpc) is 3.10. The molecule has 0 fully saturated rings. The van der Waals surface area contributed by atoms with E-state index in [0.29, 0.717) is 10.6 Å². The SMILES string of the molecule is CCOC(=O)c1cnc(SCC(=O)Nc2sc3ccccc3c2C(=O)OCC)nc1N. The lowest BCUT2D eigenvalue weighted by atomic mass is 10.1. The summed E-state index contributed by atoms with van der Waals surface area (Å²) in [5.74, 6) is -1.49. The van der Waals surface area contributed by atoms with E-state index in [1.165, 1.54) is 17.5 Å². The first-order valence-electron chi connectivity index (χ1n) is 9.35. The number of carbonyl (C=O) groups is 3. The number of nitrogens with one attached hydrogen (secondary N) is 1. The minimum Gasteiger partial charge on any atom is -0.462 e. The first-order valence-corrected chi connectivity index (χ1v) is 11.2. The summed E-state index contributed by atoms with van der Waals surface area (Å²) in [5.41, 5.74) is 6.19. The van der Waals surface area contributed by atoms with E-state index in [1.54, 1.807) is 13.8 Å². The summed E-state index contributed by atoms with van der Waals surface area (Å²) >= 11 is 2.34. The summed E-state index contributed by atoms with van der Waals surface area (Å²) in [4.78, 5) is 44.8. The molecule has 3 rings (SSSR count). The Bertz CT molecular complexity index is 1130. The lowest BCUT2D eigenvalue weighted by Crippen LogP contribution is -2.16. The fourth-order valence-electron chi connectivity index (χ4n) is 2.65. The third-order valence-corrected chi connectivity index (χ3v) is 5.90. The summed E-state index contributed by atoms with van der Waals surface area (Å²) < 4.78 is 10.9. The van der Waals surface area contributed by atoms with Gasteiger partial charge in [-0.15, -0.1) is 11.3 Å². The van der Waals surface area contributed by atoms with Crippen LogP contribution in [0.1, 0.15) is 34.6 Å². The normalized spacial score (nSPS) is 10.6. The van der Waals surface area contributed by atoms with Gasteiger partial charge < -0.3 is 20.5 Å².